The number of carboxylic acids is 1. The van der Waals surface area contributed by atoms with Crippen LogP contribution in [0.15, 0.2) is 18.5 Å². The van der Waals surface area contributed by atoms with Crippen LogP contribution in [-0.4, -0.2) is 35.1 Å². The largest absolute Gasteiger partial charge is 0.478 e. The minimum Gasteiger partial charge on any atom is -0.478 e. The molecule has 6 nitrogen and oxygen atoms in total. The Hall–Kier alpha value is -2.11. The van der Waals surface area contributed by atoms with Gasteiger partial charge in [0.2, 0.25) is 5.91 Å². The predicted octanol–water partition coefficient (Wildman–Crippen LogP) is 0.964. The summed E-state index contributed by atoms with van der Waals surface area (Å²) in [5.74, 6) is -0.866. The molecule has 18 heavy (non-hydrogen) atoms. The fourth-order valence-electron chi connectivity index (χ4n) is 1.27. The van der Waals surface area contributed by atoms with Crippen LogP contribution in [-0.2, 0) is 4.79 Å². The number of nitrogens with zero attached hydrogens (tertiary/aromatic N) is 1. The van der Waals surface area contributed by atoms with Crippen LogP contribution in [0.2, 0.25) is 0 Å². The lowest BCUT2D eigenvalue weighted by molar-refractivity contribution is -0.119. The van der Waals surface area contributed by atoms with Crippen LogP contribution in [0.1, 0.15) is 24.2 Å². The number of aromatic nitrogens is 1. The highest BCUT2D eigenvalue weighted by Crippen LogP contribution is 2.12. The zero-order valence-corrected chi connectivity index (χ0v) is 10.4. The molecule has 1 aromatic rings. The van der Waals surface area contributed by atoms with Crippen molar-refractivity contribution in [2.45, 2.75) is 13.8 Å². The molecule has 1 aromatic heterocycles. The molecule has 0 saturated heterocycles. The molecule has 98 valence electrons. The third kappa shape index (κ3) is 4.40. The molecular weight excluding hydrogens is 234 g/mol. The SMILES string of the molecule is CC(C)CNC(=O)CNc1ccncc1C(=O)O. The highest BCUT2D eigenvalue weighted by Gasteiger charge is 2.10. The molecule has 0 aliphatic carbocycles. The van der Waals surface area contributed by atoms with Crippen molar-refractivity contribution >= 4 is 17.6 Å². The number of carbonyl (C=O) groups is 2. The number of hydrogen-bond acceptors (Lipinski definition) is 4. The highest BCUT2D eigenvalue weighted by molar-refractivity contribution is 5.94. The number of rotatable bonds is 6. The van der Waals surface area contributed by atoms with Gasteiger partial charge in [0.05, 0.1) is 12.2 Å². The lowest BCUT2D eigenvalue weighted by atomic mass is 10.2. The van der Waals surface area contributed by atoms with E-state index in [9.17, 15) is 9.59 Å². The van der Waals surface area contributed by atoms with Crippen LogP contribution < -0.4 is 10.6 Å². The summed E-state index contributed by atoms with van der Waals surface area (Å²) in [5.41, 5.74) is 0.436. The molecule has 0 aromatic carbocycles. The zero-order chi connectivity index (χ0) is 13.5. The molecule has 0 bridgehead atoms. The third-order valence-electron chi connectivity index (χ3n) is 2.20. The van der Waals surface area contributed by atoms with Crippen LogP contribution in [0.3, 0.4) is 0 Å². The summed E-state index contributed by atoms with van der Waals surface area (Å²) >= 11 is 0. The van der Waals surface area contributed by atoms with Gasteiger partial charge in [0.1, 0.15) is 5.56 Å². The number of carbonyl (C=O) groups excluding carboxylic acids is 1. The third-order valence-corrected chi connectivity index (χ3v) is 2.20. The number of anilines is 1. The summed E-state index contributed by atoms with van der Waals surface area (Å²) in [7, 11) is 0. The van der Waals surface area contributed by atoms with E-state index in [0.29, 0.717) is 18.2 Å². The van der Waals surface area contributed by atoms with E-state index in [4.69, 9.17) is 5.11 Å². The Morgan fingerprint density at radius 1 is 1.44 bits per heavy atom. The minimum atomic E-state index is -1.08. The first-order valence-corrected chi connectivity index (χ1v) is 5.68. The topological polar surface area (TPSA) is 91.3 Å². The predicted molar refractivity (Wildman–Crippen MR) is 67.5 cm³/mol. The zero-order valence-electron chi connectivity index (χ0n) is 10.4. The minimum absolute atomic E-state index is 0.0387. The number of hydrogen-bond donors (Lipinski definition) is 3. The first-order chi connectivity index (χ1) is 8.50. The van der Waals surface area contributed by atoms with E-state index in [1.807, 2.05) is 13.8 Å². The summed E-state index contributed by atoms with van der Waals surface area (Å²) in [5, 5.41) is 14.4. The van der Waals surface area contributed by atoms with Crippen molar-refractivity contribution in [2.75, 3.05) is 18.4 Å². The summed E-state index contributed by atoms with van der Waals surface area (Å²) < 4.78 is 0. The average molecular weight is 251 g/mol. The van der Waals surface area contributed by atoms with Gasteiger partial charge < -0.3 is 15.7 Å². The molecule has 0 atom stereocenters. The lowest BCUT2D eigenvalue weighted by Crippen LogP contribution is -2.32. The standard InChI is InChI=1S/C12H17N3O3/c1-8(2)5-15-11(16)7-14-10-3-4-13-6-9(10)12(17)18/h3-4,6,8H,5,7H2,1-2H3,(H,13,14)(H,15,16)(H,17,18). The van der Waals surface area contributed by atoms with Crippen LogP contribution in [0.5, 0.6) is 0 Å². The smallest absolute Gasteiger partial charge is 0.339 e. The molecule has 1 amide bonds. The van der Waals surface area contributed by atoms with Crippen molar-refractivity contribution in [3.8, 4) is 0 Å². The summed E-state index contributed by atoms with van der Waals surface area (Å²) in [4.78, 5) is 26.1. The lowest BCUT2D eigenvalue weighted by Gasteiger charge is -2.10. The number of aromatic carboxylic acids is 1. The second-order valence-corrected chi connectivity index (χ2v) is 4.28. The Bertz CT molecular complexity index is 432. The first kappa shape index (κ1) is 14.0. The summed E-state index contributed by atoms with van der Waals surface area (Å²) in [6, 6.07) is 1.53. The second kappa shape index (κ2) is 6.58. The number of nitrogens with one attached hydrogen (secondary N) is 2. The molecule has 1 rings (SSSR count). The first-order valence-electron chi connectivity index (χ1n) is 5.68. The van der Waals surface area contributed by atoms with E-state index in [0.717, 1.165) is 0 Å². The summed E-state index contributed by atoms with van der Waals surface area (Å²) in [6.45, 7) is 4.64. The highest BCUT2D eigenvalue weighted by atomic mass is 16.4. The second-order valence-electron chi connectivity index (χ2n) is 4.28. The quantitative estimate of drug-likeness (QED) is 0.700. The van der Waals surface area contributed by atoms with E-state index in [-0.39, 0.29) is 18.0 Å². The van der Waals surface area contributed by atoms with Crippen LogP contribution in [0.25, 0.3) is 0 Å². The fraction of sp³-hybridized carbons (Fsp3) is 0.417. The Kier molecular flexibility index (Phi) is 5.10. The van der Waals surface area contributed by atoms with Crippen molar-refractivity contribution < 1.29 is 14.7 Å². The molecule has 0 aliphatic rings. The number of carboxylic acid groups (broad SMARTS) is 1. The van der Waals surface area contributed by atoms with Crippen molar-refractivity contribution in [1.29, 1.82) is 0 Å². The van der Waals surface area contributed by atoms with Crippen LogP contribution >= 0.6 is 0 Å². The monoisotopic (exact) mass is 251 g/mol. The van der Waals surface area contributed by atoms with Crippen molar-refractivity contribution in [2.24, 2.45) is 5.92 Å². The van der Waals surface area contributed by atoms with Crippen LogP contribution in [0.4, 0.5) is 5.69 Å². The van der Waals surface area contributed by atoms with Crippen molar-refractivity contribution in [3.63, 3.8) is 0 Å². The van der Waals surface area contributed by atoms with Gasteiger partial charge >= 0.3 is 5.97 Å². The Morgan fingerprint density at radius 3 is 2.78 bits per heavy atom. The molecule has 3 N–H and O–H groups in total. The number of amides is 1. The Balaban J connectivity index is 2.53. The van der Waals surface area contributed by atoms with Crippen molar-refractivity contribution in [3.05, 3.63) is 24.0 Å². The molecule has 0 unspecified atom stereocenters. The molecule has 1 heterocycles. The number of pyridine rings is 1. The summed E-state index contributed by atoms with van der Waals surface area (Å²) in [6.07, 6.45) is 2.72. The van der Waals surface area contributed by atoms with Gasteiger partial charge in [-0.25, -0.2) is 4.79 Å². The molecule has 6 heteroatoms. The van der Waals surface area contributed by atoms with Gasteiger partial charge in [0.15, 0.2) is 0 Å². The van der Waals surface area contributed by atoms with Gasteiger partial charge in [-0.3, -0.25) is 9.78 Å². The molecular formula is C12H17N3O3. The van der Waals surface area contributed by atoms with Gasteiger partial charge in [-0.15, -0.1) is 0 Å². The van der Waals surface area contributed by atoms with E-state index in [2.05, 4.69) is 15.6 Å². The average Bonchev–Trinajstić information content (AvgIpc) is 2.34. The van der Waals surface area contributed by atoms with Gasteiger partial charge in [0, 0.05) is 18.9 Å². The molecule has 0 aliphatic heterocycles. The van der Waals surface area contributed by atoms with E-state index in [1.54, 1.807) is 0 Å². The molecule has 0 fully saturated rings. The van der Waals surface area contributed by atoms with E-state index >= 15 is 0 Å². The molecule has 0 saturated carbocycles. The maximum Gasteiger partial charge on any atom is 0.339 e. The fourth-order valence-corrected chi connectivity index (χ4v) is 1.27. The van der Waals surface area contributed by atoms with Gasteiger partial charge in [-0.05, 0) is 12.0 Å². The van der Waals surface area contributed by atoms with Gasteiger partial charge in [0.25, 0.3) is 0 Å². The maximum absolute atomic E-state index is 11.5. The Morgan fingerprint density at radius 2 is 2.17 bits per heavy atom. The van der Waals surface area contributed by atoms with Crippen LogP contribution in [0, 0.1) is 5.92 Å². The molecule has 0 radical (unpaired) electrons. The normalized spacial score (nSPS) is 10.2. The molecule has 0 spiro atoms. The Labute approximate surface area is 105 Å². The van der Waals surface area contributed by atoms with E-state index in [1.165, 1.54) is 18.5 Å². The van der Waals surface area contributed by atoms with E-state index < -0.39 is 5.97 Å². The van der Waals surface area contributed by atoms with Gasteiger partial charge in [-0.2, -0.15) is 0 Å². The van der Waals surface area contributed by atoms with Crippen molar-refractivity contribution in [1.82, 2.24) is 10.3 Å². The maximum atomic E-state index is 11.5. The van der Waals surface area contributed by atoms with Gasteiger partial charge in [-0.1, -0.05) is 13.8 Å².